The summed E-state index contributed by atoms with van der Waals surface area (Å²) >= 11 is 0. The number of hydrogen-bond acceptors (Lipinski definition) is 3. The maximum atomic E-state index is 11.9. The largest absolute Gasteiger partial charge is 0.314 e. The van der Waals surface area contributed by atoms with E-state index < -0.39 is 0 Å². The first-order valence-corrected chi connectivity index (χ1v) is 6.03. The Morgan fingerprint density at radius 2 is 2.12 bits per heavy atom. The Balaban J connectivity index is 2.26. The number of amides is 1. The minimum absolute atomic E-state index is 0.0601. The maximum absolute atomic E-state index is 11.9. The number of carbonyl (C=O) groups is 1. The van der Waals surface area contributed by atoms with E-state index >= 15 is 0 Å². The first-order chi connectivity index (χ1) is 8.20. The average Bonchev–Trinajstić information content (AvgIpc) is 2.33. The molecule has 1 saturated heterocycles. The van der Waals surface area contributed by atoms with Gasteiger partial charge in [-0.25, -0.2) is 10.0 Å². The molecule has 92 valence electrons. The fraction of sp³-hybridized carbons (Fsp3) is 0.462. The Kier molecular flexibility index (Phi) is 3.76. The molecule has 1 N–H and O–H groups in total. The number of nitrogens with one attached hydrogen (secondary N) is 1. The van der Waals surface area contributed by atoms with Gasteiger partial charge in [-0.1, -0.05) is 18.2 Å². The molecule has 0 radical (unpaired) electrons. The van der Waals surface area contributed by atoms with Crippen molar-refractivity contribution in [1.82, 2.24) is 10.3 Å². The Bertz CT molecular complexity index is 380. The summed E-state index contributed by atoms with van der Waals surface area (Å²) < 4.78 is 0. The zero-order chi connectivity index (χ0) is 12.3. The number of benzene rings is 1. The number of piperazine rings is 1. The minimum Gasteiger partial charge on any atom is -0.314 e. The number of hydrogen-bond donors (Lipinski definition) is 1. The van der Waals surface area contributed by atoms with Crippen molar-refractivity contribution in [2.75, 3.05) is 24.6 Å². The highest BCUT2D eigenvalue weighted by molar-refractivity contribution is 5.90. The fourth-order valence-corrected chi connectivity index (χ4v) is 2.21. The molecule has 2 rings (SSSR count). The van der Waals surface area contributed by atoms with E-state index in [0.29, 0.717) is 6.04 Å². The summed E-state index contributed by atoms with van der Waals surface area (Å²) in [5, 5.41) is 7.25. The van der Waals surface area contributed by atoms with Crippen LogP contribution in [0.15, 0.2) is 30.3 Å². The van der Waals surface area contributed by atoms with Gasteiger partial charge in [0.1, 0.15) is 0 Å². The van der Waals surface area contributed by atoms with Gasteiger partial charge < -0.3 is 5.32 Å². The van der Waals surface area contributed by atoms with E-state index in [-0.39, 0.29) is 5.91 Å². The fourth-order valence-electron chi connectivity index (χ4n) is 2.21. The van der Waals surface area contributed by atoms with Crippen LogP contribution in [0, 0.1) is 0 Å². The molecule has 0 aromatic heterocycles. The molecule has 1 aliphatic heterocycles. The Morgan fingerprint density at radius 1 is 1.41 bits per heavy atom. The van der Waals surface area contributed by atoms with Crippen LogP contribution in [-0.2, 0) is 4.79 Å². The lowest BCUT2D eigenvalue weighted by molar-refractivity contribution is -0.120. The van der Waals surface area contributed by atoms with Crippen LogP contribution in [0.1, 0.15) is 13.8 Å². The average molecular weight is 233 g/mol. The predicted octanol–water partition coefficient (Wildman–Crippen LogP) is 1.25. The van der Waals surface area contributed by atoms with Crippen LogP contribution < -0.4 is 10.3 Å². The summed E-state index contributed by atoms with van der Waals surface area (Å²) in [6, 6.07) is 10.1. The van der Waals surface area contributed by atoms with Crippen LogP contribution >= 0.6 is 0 Å². The molecule has 0 bridgehead atoms. The summed E-state index contributed by atoms with van der Waals surface area (Å²) in [5.41, 5.74) is 0.939. The predicted molar refractivity (Wildman–Crippen MR) is 68.6 cm³/mol. The lowest BCUT2D eigenvalue weighted by Crippen LogP contribution is -2.58. The molecule has 4 nitrogen and oxygen atoms in total. The van der Waals surface area contributed by atoms with Crippen LogP contribution in [0.25, 0.3) is 0 Å². The number of para-hydroxylation sites is 1. The topological polar surface area (TPSA) is 35.6 Å². The third-order valence-electron chi connectivity index (χ3n) is 3.02. The van der Waals surface area contributed by atoms with Gasteiger partial charge in [0, 0.05) is 32.6 Å². The highest BCUT2D eigenvalue weighted by Gasteiger charge is 2.26. The standard InChI is InChI=1S/C13H19N3O/c1-11-10-14-8-9-15(11)16(12(2)17)13-6-4-3-5-7-13/h3-7,11,14H,8-10H2,1-2H3. The van der Waals surface area contributed by atoms with Crippen molar-refractivity contribution in [2.24, 2.45) is 0 Å². The SMILES string of the molecule is CC(=O)N(c1ccccc1)N1CCNCC1C. The monoisotopic (exact) mass is 233 g/mol. The molecule has 17 heavy (non-hydrogen) atoms. The number of hydrazine groups is 1. The van der Waals surface area contributed by atoms with Gasteiger partial charge >= 0.3 is 0 Å². The summed E-state index contributed by atoms with van der Waals surface area (Å²) in [6.07, 6.45) is 0. The van der Waals surface area contributed by atoms with Crippen molar-refractivity contribution in [1.29, 1.82) is 0 Å². The molecule has 1 aromatic rings. The molecule has 0 aliphatic carbocycles. The first kappa shape index (κ1) is 12.1. The van der Waals surface area contributed by atoms with Crippen LogP contribution in [0.4, 0.5) is 5.69 Å². The second kappa shape index (κ2) is 5.29. The van der Waals surface area contributed by atoms with Crippen molar-refractivity contribution in [2.45, 2.75) is 19.9 Å². The Morgan fingerprint density at radius 3 is 2.71 bits per heavy atom. The second-order valence-electron chi connectivity index (χ2n) is 4.38. The van der Waals surface area contributed by atoms with Crippen LogP contribution in [0.3, 0.4) is 0 Å². The minimum atomic E-state index is 0.0601. The zero-order valence-corrected chi connectivity index (χ0v) is 10.4. The van der Waals surface area contributed by atoms with Gasteiger partial charge in [0.2, 0.25) is 5.91 Å². The first-order valence-electron chi connectivity index (χ1n) is 6.03. The summed E-state index contributed by atoms with van der Waals surface area (Å²) in [6.45, 7) is 6.43. The lowest BCUT2D eigenvalue weighted by Gasteiger charge is -2.41. The summed E-state index contributed by atoms with van der Waals surface area (Å²) in [4.78, 5) is 11.9. The normalized spacial score (nSPS) is 21.2. The number of rotatable bonds is 2. The lowest BCUT2D eigenvalue weighted by atomic mass is 10.2. The molecular weight excluding hydrogens is 214 g/mol. The quantitative estimate of drug-likeness (QED) is 0.835. The van der Waals surface area contributed by atoms with Gasteiger partial charge in [-0.2, -0.15) is 0 Å². The van der Waals surface area contributed by atoms with Crippen molar-refractivity contribution in [3.05, 3.63) is 30.3 Å². The molecular formula is C13H19N3O. The highest BCUT2D eigenvalue weighted by Crippen LogP contribution is 2.19. The molecule has 4 heteroatoms. The molecule has 0 spiro atoms. The maximum Gasteiger partial charge on any atom is 0.238 e. The van der Waals surface area contributed by atoms with Gasteiger partial charge in [-0.15, -0.1) is 0 Å². The Labute approximate surface area is 102 Å². The molecule has 1 heterocycles. The van der Waals surface area contributed by atoms with Crippen molar-refractivity contribution >= 4 is 11.6 Å². The third kappa shape index (κ3) is 2.65. The smallest absolute Gasteiger partial charge is 0.238 e. The summed E-state index contributed by atoms with van der Waals surface area (Å²) in [5.74, 6) is 0.0601. The Hall–Kier alpha value is -1.39. The van der Waals surface area contributed by atoms with E-state index in [9.17, 15) is 4.79 Å². The van der Waals surface area contributed by atoms with Crippen molar-refractivity contribution in [3.8, 4) is 0 Å². The van der Waals surface area contributed by atoms with E-state index in [4.69, 9.17) is 0 Å². The number of anilines is 1. The van der Waals surface area contributed by atoms with Gasteiger partial charge in [-0.05, 0) is 19.1 Å². The summed E-state index contributed by atoms with van der Waals surface area (Å²) in [7, 11) is 0. The van der Waals surface area contributed by atoms with E-state index in [1.54, 1.807) is 11.9 Å². The zero-order valence-electron chi connectivity index (χ0n) is 10.4. The van der Waals surface area contributed by atoms with E-state index in [0.717, 1.165) is 25.3 Å². The van der Waals surface area contributed by atoms with Crippen molar-refractivity contribution < 1.29 is 4.79 Å². The molecule has 0 saturated carbocycles. The molecule has 1 aromatic carbocycles. The van der Waals surface area contributed by atoms with E-state index in [1.165, 1.54) is 0 Å². The molecule has 1 fully saturated rings. The van der Waals surface area contributed by atoms with Crippen LogP contribution in [-0.4, -0.2) is 36.6 Å². The van der Waals surface area contributed by atoms with Gasteiger partial charge in [0.15, 0.2) is 0 Å². The van der Waals surface area contributed by atoms with Crippen LogP contribution in [0.2, 0.25) is 0 Å². The van der Waals surface area contributed by atoms with Crippen molar-refractivity contribution in [3.63, 3.8) is 0 Å². The van der Waals surface area contributed by atoms with E-state index in [1.807, 2.05) is 30.3 Å². The van der Waals surface area contributed by atoms with Crippen LogP contribution in [0.5, 0.6) is 0 Å². The molecule has 1 aliphatic rings. The molecule has 1 amide bonds. The highest BCUT2D eigenvalue weighted by atomic mass is 16.2. The van der Waals surface area contributed by atoms with Gasteiger partial charge in [0.25, 0.3) is 0 Å². The van der Waals surface area contributed by atoms with E-state index in [2.05, 4.69) is 17.2 Å². The van der Waals surface area contributed by atoms with Gasteiger partial charge in [-0.3, -0.25) is 4.79 Å². The van der Waals surface area contributed by atoms with Gasteiger partial charge in [0.05, 0.1) is 5.69 Å². The molecule has 1 unspecified atom stereocenters. The third-order valence-corrected chi connectivity index (χ3v) is 3.02. The number of nitrogens with zero attached hydrogens (tertiary/aromatic N) is 2. The second-order valence-corrected chi connectivity index (χ2v) is 4.38. The molecule has 1 atom stereocenters. The number of carbonyl (C=O) groups excluding carboxylic acids is 1.